The molecular formula is C13H19N3O2S. The number of piperazine rings is 1. The molecule has 19 heavy (non-hydrogen) atoms. The molecule has 1 aliphatic heterocycles. The average Bonchev–Trinajstić information content (AvgIpc) is 2.94. The lowest BCUT2D eigenvalue weighted by Crippen LogP contribution is -2.46. The third kappa shape index (κ3) is 3.78. The lowest BCUT2D eigenvalue weighted by atomic mass is 10.2. The van der Waals surface area contributed by atoms with Crippen molar-refractivity contribution in [3.05, 3.63) is 23.2 Å². The molecule has 1 aliphatic rings. The minimum atomic E-state index is -0.802. The van der Waals surface area contributed by atoms with E-state index < -0.39 is 5.97 Å². The summed E-state index contributed by atoms with van der Waals surface area (Å²) < 4.78 is 0. The van der Waals surface area contributed by atoms with Crippen molar-refractivity contribution in [2.75, 3.05) is 37.6 Å². The number of thiazole rings is 1. The summed E-state index contributed by atoms with van der Waals surface area (Å²) in [5.74, 6) is -0.802. The number of carboxylic acids is 1. The summed E-state index contributed by atoms with van der Waals surface area (Å²) in [6.45, 7) is 6.41. The Morgan fingerprint density at radius 1 is 1.47 bits per heavy atom. The van der Waals surface area contributed by atoms with E-state index in [9.17, 15) is 4.79 Å². The van der Waals surface area contributed by atoms with Crippen molar-refractivity contribution in [2.24, 2.45) is 0 Å². The first kappa shape index (κ1) is 14.0. The van der Waals surface area contributed by atoms with Gasteiger partial charge in [0, 0.05) is 49.9 Å². The highest BCUT2D eigenvalue weighted by atomic mass is 32.1. The second-order valence-electron chi connectivity index (χ2n) is 4.49. The molecule has 1 aromatic heterocycles. The third-order valence-electron chi connectivity index (χ3n) is 3.31. The molecule has 0 bridgehead atoms. The first-order chi connectivity index (χ1) is 9.20. The third-order valence-corrected chi connectivity index (χ3v) is 4.15. The van der Waals surface area contributed by atoms with Crippen LogP contribution in [0, 0.1) is 0 Å². The molecule has 2 heterocycles. The Labute approximate surface area is 117 Å². The van der Waals surface area contributed by atoms with E-state index in [-0.39, 0.29) is 0 Å². The van der Waals surface area contributed by atoms with Gasteiger partial charge in [0.1, 0.15) is 0 Å². The number of anilines is 1. The summed E-state index contributed by atoms with van der Waals surface area (Å²) in [6, 6.07) is 0. The van der Waals surface area contributed by atoms with Gasteiger partial charge in [-0.3, -0.25) is 4.90 Å². The van der Waals surface area contributed by atoms with E-state index >= 15 is 0 Å². The summed E-state index contributed by atoms with van der Waals surface area (Å²) in [7, 11) is 0. The minimum Gasteiger partial charge on any atom is -0.478 e. The van der Waals surface area contributed by atoms with Gasteiger partial charge in [0.25, 0.3) is 0 Å². The van der Waals surface area contributed by atoms with Crippen LogP contribution in [0.5, 0.6) is 0 Å². The van der Waals surface area contributed by atoms with Crippen LogP contribution in [0.2, 0.25) is 0 Å². The number of carboxylic acid groups (broad SMARTS) is 1. The number of carbonyl (C=O) groups is 1. The Kier molecular flexibility index (Phi) is 4.93. The van der Waals surface area contributed by atoms with Gasteiger partial charge in [-0.15, -0.1) is 11.3 Å². The predicted molar refractivity (Wildman–Crippen MR) is 76.8 cm³/mol. The van der Waals surface area contributed by atoms with Gasteiger partial charge in [0.2, 0.25) is 0 Å². The van der Waals surface area contributed by atoms with Gasteiger partial charge >= 0.3 is 5.97 Å². The van der Waals surface area contributed by atoms with Crippen molar-refractivity contribution in [1.82, 2.24) is 9.88 Å². The van der Waals surface area contributed by atoms with E-state index in [1.165, 1.54) is 0 Å². The fourth-order valence-corrected chi connectivity index (χ4v) is 2.81. The van der Waals surface area contributed by atoms with Crippen LogP contribution in [0.25, 0.3) is 0 Å². The highest BCUT2D eigenvalue weighted by molar-refractivity contribution is 7.13. The largest absolute Gasteiger partial charge is 0.478 e. The van der Waals surface area contributed by atoms with Gasteiger partial charge in [0.15, 0.2) is 5.13 Å². The molecule has 1 saturated heterocycles. The molecule has 1 aromatic rings. The molecule has 0 aliphatic carbocycles. The van der Waals surface area contributed by atoms with E-state index in [0.29, 0.717) is 12.0 Å². The zero-order valence-electron chi connectivity index (χ0n) is 11.1. The Bertz CT molecular complexity index is 437. The molecule has 104 valence electrons. The average molecular weight is 281 g/mol. The maximum Gasteiger partial charge on any atom is 0.331 e. The Morgan fingerprint density at radius 3 is 2.74 bits per heavy atom. The molecule has 2 rings (SSSR count). The fraction of sp³-hybridized carbons (Fsp3) is 0.538. The molecule has 0 spiro atoms. The molecular weight excluding hydrogens is 262 g/mol. The van der Waals surface area contributed by atoms with Gasteiger partial charge in [-0.1, -0.05) is 13.0 Å². The van der Waals surface area contributed by atoms with E-state index in [1.54, 1.807) is 11.3 Å². The topological polar surface area (TPSA) is 56.7 Å². The van der Waals surface area contributed by atoms with Crippen LogP contribution in [0.4, 0.5) is 5.13 Å². The summed E-state index contributed by atoms with van der Waals surface area (Å²) in [4.78, 5) is 19.8. The molecule has 5 nitrogen and oxygen atoms in total. The smallest absolute Gasteiger partial charge is 0.331 e. The quantitative estimate of drug-likeness (QED) is 0.832. The molecule has 0 amide bonds. The molecule has 0 atom stereocenters. The molecule has 6 heteroatoms. The highest BCUT2D eigenvalue weighted by Gasteiger charge is 2.18. The van der Waals surface area contributed by atoms with Gasteiger partial charge in [-0.05, 0) is 6.42 Å². The Balaban J connectivity index is 1.82. The van der Waals surface area contributed by atoms with Crippen LogP contribution >= 0.6 is 11.3 Å². The molecule has 0 saturated carbocycles. The molecule has 1 fully saturated rings. The normalized spacial score (nSPS) is 17.7. The van der Waals surface area contributed by atoms with Crippen molar-refractivity contribution < 1.29 is 9.90 Å². The standard InChI is InChI=1S/C13H19N3O2S/c1-2-11(12(17)18)3-5-15-6-8-16(9-7-15)13-14-4-10-19-13/h3-4,10H,2,5-9H2,1H3,(H,17,18). The number of rotatable bonds is 5. The molecule has 0 aromatic carbocycles. The highest BCUT2D eigenvalue weighted by Crippen LogP contribution is 2.18. The fourth-order valence-electron chi connectivity index (χ4n) is 2.12. The first-order valence-corrected chi connectivity index (χ1v) is 7.37. The van der Waals surface area contributed by atoms with Crippen LogP contribution in [0.3, 0.4) is 0 Å². The number of aliphatic carboxylic acids is 1. The van der Waals surface area contributed by atoms with Gasteiger partial charge in [-0.25, -0.2) is 9.78 Å². The van der Waals surface area contributed by atoms with Crippen LogP contribution in [0.15, 0.2) is 23.2 Å². The van der Waals surface area contributed by atoms with E-state index in [4.69, 9.17) is 5.11 Å². The molecule has 1 N–H and O–H groups in total. The van der Waals surface area contributed by atoms with Crippen LogP contribution < -0.4 is 4.90 Å². The van der Waals surface area contributed by atoms with Crippen molar-refractivity contribution in [1.29, 1.82) is 0 Å². The number of nitrogens with zero attached hydrogens (tertiary/aromatic N) is 3. The zero-order valence-corrected chi connectivity index (χ0v) is 11.9. The van der Waals surface area contributed by atoms with Crippen molar-refractivity contribution in [3.8, 4) is 0 Å². The monoisotopic (exact) mass is 281 g/mol. The molecule has 0 unspecified atom stereocenters. The van der Waals surface area contributed by atoms with Crippen molar-refractivity contribution in [2.45, 2.75) is 13.3 Å². The second-order valence-corrected chi connectivity index (χ2v) is 5.36. The van der Waals surface area contributed by atoms with Crippen LogP contribution in [-0.2, 0) is 4.79 Å². The number of hydrogen-bond donors (Lipinski definition) is 1. The minimum absolute atomic E-state index is 0.502. The lowest BCUT2D eigenvalue weighted by molar-refractivity contribution is -0.132. The summed E-state index contributed by atoms with van der Waals surface area (Å²) in [6.07, 6.45) is 4.24. The predicted octanol–water partition coefficient (Wildman–Crippen LogP) is 1.69. The zero-order chi connectivity index (χ0) is 13.7. The summed E-state index contributed by atoms with van der Waals surface area (Å²) in [5.41, 5.74) is 0.502. The summed E-state index contributed by atoms with van der Waals surface area (Å²) in [5, 5.41) is 12.0. The van der Waals surface area contributed by atoms with E-state index in [0.717, 1.165) is 37.9 Å². The van der Waals surface area contributed by atoms with Gasteiger partial charge in [-0.2, -0.15) is 0 Å². The Morgan fingerprint density at radius 2 is 2.21 bits per heavy atom. The second kappa shape index (κ2) is 6.68. The van der Waals surface area contributed by atoms with Gasteiger partial charge < -0.3 is 10.0 Å². The maximum atomic E-state index is 10.9. The first-order valence-electron chi connectivity index (χ1n) is 6.50. The SMILES string of the molecule is CCC(=CCN1CCN(c2nccs2)CC1)C(=O)O. The van der Waals surface area contributed by atoms with E-state index in [2.05, 4.69) is 14.8 Å². The van der Waals surface area contributed by atoms with Crippen molar-refractivity contribution >= 4 is 22.4 Å². The lowest BCUT2D eigenvalue weighted by Gasteiger charge is -2.34. The molecule has 0 radical (unpaired) electrons. The summed E-state index contributed by atoms with van der Waals surface area (Å²) >= 11 is 1.66. The van der Waals surface area contributed by atoms with Gasteiger partial charge in [0.05, 0.1) is 0 Å². The van der Waals surface area contributed by atoms with Crippen LogP contribution in [-0.4, -0.2) is 53.7 Å². The number of aromatic nitrogens is 1. The number of hydrogen-bond acceptors (Lipinski definition) is 5. The van der Waals surface area contributed by atoms with Crippen LogP contribution in [0.1, 0.15) is 13.3 Å². The van der Waals surface area contributed by atoms with Crippen molar-refractivity contribution in [3.63, 3.8) is 0 Å². The maximum absolute atomic E-state index is 10.9. The van der Waals surface area contributed by atoms with E-state index in [1.807, 2.05) is 24.6 Å². The Hall–Kier alpha value is -1.40.